The summed E-state index contributed by atoms with van der Waals surface area (Å²) in [5.41, 5.74) is 5.66. The highest BCUT2D eigenvalue weighted by atomic mass is 32.1. The van der Waals surface area contributed by atoms with E-state index in [-0.39, 0.29) is 6.10 Å². The zero-order valence-electron chi connectivity index (χ0n) is 16.3. The largest absolute Gasteiger partial charge is 0.493 e. The van der Waals surface area contributed by atoms with Crippen LogP contribution in [0.2, 0.25) is 0 Å². The van der Waals surface area contributed by atoms with E-state index < -0.39 is 0 Å². The van der Waals surface area contributed by atoms with Gasteiger partial charge in [0.05, 0.1) is 13.3 Å². The van der Waals surface area contributed by atoms with Gasteiger partial charge in [0.25, 0.3) is 0 Å². The van der Waals surface area contributed by atoms with Crippen LogP contribution in [0.5, 0.6) is 11.5 Å². The van der Waals surface area contributed by atoms with E-state index in [1.165, 1.54) is 0 Å². The van der Waals surface area contributed by atoms with Crippen LogP contribution in [0.1, 0.15) is 24.2 Å². The van der Waals surface area contributed by atoms with E-state index in [0.29, 0.717) is 16.6 Å². The van der Waals surface area contributed by atoms with Crippen molar-refractivity contribution >= 4 is 29.2 Å². The van der Waals surface area contributed by atoms with Crippen LogP contribution in [-0.2, 0) is 0 Å². The summed E-state index contributed by atoms with van der Waals surface area (Å²) in [5, 5.41) is 7.65. The molecular formula is C23H23N3O2S. The lowest BCUT2D eigenvalue weighted by molar-refractivity contribution is 0.216. The minimum Gasteiger partial charge on any atom is -0.493 e. The van der Waals surface area contributed by atoms with Gasteiger partial charge in [0.15, 0.2) is 16.6 Å². The number of hydrogen-bond donors (Lipinski definition) is 2. The number of thiocarbonyl (C=S) groups is 1. The van der Waals surface area contributed by atoms with Crippen molar-refractivity contribution in [1.29, 1.82) is 0 Å². The van der Waals surface area contributed by atoms with Crippen LogP contribution in [0, 0.1) is 0 Å². The molecule has 0 fully saturated rings. The highest BCUT2D eigenvalue weighted by Crippen LogP contribution is 2.31. The number of nitrogens with one attached hydrogen (secondary N) is 2. The molecular weight excluding hydrogens is 382 g/mol. The molecule has 29 heavy (non-hydrogen) atoms. The number of hydrogen-bond acceptors (Lipinski definition) is 4. The second kappa shape index (κ2) is 10.2. The lowest BCUT2D eigenvalue weighted by Crippen LogP contribution is -2.23. The summed E-state index contributed by atoms with van der Waals surface area (Å²) in [5.74, 6) is 1.32. The van der Waals surface area contributed by atoms with Crippen LogP contribution >= 0.6 is 12.2 Å². The molecule has 1 atom stereocenters. The first-order chi connectivity index (χ1) is 14.2. The van der Waals surface area contributed by atoms with Gasteiger partial charge >= 0.3 is 0 Å². The number of para-hydroxylation sites is 1. The minimum atomic E-state index is -0.0901. The van der Waals surface area contributed by atoms with Gasteiger partial charge in [-0.2, -0.15) is 5.10 Å². The maximum absolute atomic E-state index is 6.07. The predicted molar refractivity (Wildman–Crippen MR) is 122 cm³/mol. The van der Waals surface area contributed by atoms with Gasteiger partial charge in [-0.3, -0.25) is 5.43 Å². The SMILES string of the molecule is COc1cc(/C=N\NC(=S)Nc2ccccc2)ccc1O[C@H](C)c1ccccc1. The Hall–Kier alpha value is -3.38. The van der Waals surface area contributed by atoms with Crippen LogP contribution in [0.3, 0.4) is 0 Å². The highest BCUT2D eigenvalue weighted by Gasteiger charge is 2.11. The normalized spacial score (nSPS) is 11.7. The molecule has 0 aliphatic rings. The van der Waals surface area contributed by atoms with Crippen molar-refractivity contribution in [2.45, 2.75) is 13.0 Å². The molecule has 3 aromatic carbocycles. The van der Waals surface area contributed by atoms with E-state index in [1.807, 2.05) is 85.8 Å². The molecule has 3 aromatic rings. The quantitative estimate of drug-likeness (QED) is 0.323. The zero-order chi connectivity index (χ0) is 20.5. The zero-order valence-corrected chi connectivity index (χ0v) is 17.1. The molecule has 0 saturated carbocycles. The molecule has 0 radical (unpaired) electrons. The van der Waals surface area contributed by atoms with Crippen molar-refractivity contribution in [3.05, 3.63) is 90.0 Å². The summed E-state index contributed by atoms with van der Waals surface area (Å²) in [6.45, 7) is 2.01. The minimum absolute atomic E-state index is 0.0901. The van der Waals surface area contributed by atoms with Gasteiger partial charge in [-0.25, -0.2) is 0 Å². The second-order valence-electron chi connectivity index (χ2n) is 6.27. The number of hydrazone groups is 1. The molecule has 0 spiro atoms. The van der Waals surface area contributed by atoms with Crippen LogP contribution in [0.15, 0.2) is 84.0 Å². The Kier molecular flexibility index (Phi) is 7.19. The molecule has 0 aliphatic heterocycles. The summed E-state index contributed by atoms with van der Waals surface area (Å²) >= 11 is 5.23. The molecule has 0 aromatic heterocycles. The number of nitrogens with zero attached hydrogens (tertiary/aromatic N) is 1. The monoisotopic (exact) mass is 405 g/mol. The number of rotatable bonds is 7. The summed E-state index contributed by atoms with van der Waals surface area (Å²) in [6, 6.07) is 25.4. The van der Waals surface area contributed by atoms with Crippen molar-refractivity contribution < 1.29 is 9.47 Å². The maximum Gasteiger partial charge on any atom is 0.191 e. The fraction of sp³-hybridized carbons (Fsp3) is 0.130. The van der Waals surface area contributed by atoms with Crippen LogP contribution in [0.4, 0.5) is 5.69 Å². The smallest absolute Gasteiger partial charge is 0.191 e. The molecule has 0 heterocycles. The third-order valence-corrected chi connectivity index (χ3v) is 4.37. The molecule has 0 amide bonds. The first-order valence-electron chi connectivity index (χ1n) is 9.20. The molecule has 0 bridgehead atoms. The van der Waals surface area contributed by atoms with E-state index in [0.717, 1.165) is 16.8 Å². The third-order valence-electron chi connectivity index (χ3n) is 4.17. The lowest BCUT2D eigenvalue weighted by atomic mass is 10.1. The first kappa shape index (κ1) is 20.4. The second-order valence-corrected chi connectivity index (χ2v) is 6.68. The van der Waals surface area contributed by atoms with Crippen molar-refractivity contribution in [2.75, 3.05) is 12.4 Å². The number of methoxy groups -OCH3 is 1. The Balaban J connectivity index is 1.60. The number of benzene rings is 3. The van der Waals surface area contributed by atoms with Gasteiger partial charge in [0, 0.05) is 5.69 Å². The van der Waals surface area contributed by atoms with Gasteiger partial charge in [0.2, 0.25) is 0 Å². The topological polar surface area (TPSA) is 54.9 Å². The Bertz CT molecular complexity index is 962. The predicted octanol–water partition coefficient (Wildman–Crippen LogP) is 5.16. The summed E-state index contributed by atoms with van der Waals surface area (Å²) in [7, 11) is 1.62. The fourth-order valence-corrected chi connectivity index (χ4v) is 2.86. The molecule has 2 N–H and O–H groups in total. The molecule has 6 heteroatoms. The van der Waals surface area contributed by atoms with Gasteiger partial charge < -0.3 is 14.8 Å². The van der Waals surface area contributed by atoms with Crippen LogP contribution in [0.25, 0.3) is 0 Å². The van der Waals surface area contributed by atoms with E-state index in [2.05, 4.69) is 15.8 Å². The van der Waals surface area contributed by atoms with E-state index >= 15 is 0 Å². The van der Waals surface area contributed by atoms with Gasteiger partial charge in [-0.1, -0.05) is 48.5 Å². The molecule has 148 valence electrons. The highest BCUT2D eigenvalue weighted by molar-refractivity contribution is 7.80. The van der Waals surface area contributed by atoms with Gasteiger partial charge in [-0.05, 0) is 60.6 Å². The van der Waals surface area contributed by atoms with Crippen LogP contribution < -0.4 is 20.2 Å². The molecule has 5 nitrogen and oxygen atoms in total. The lowest BCUT2D eigenvalue weighted by Gasteiger charge is -2.17. The van der Waals surface area contributed by atoms with Crippen LogP contribution in [-0.4, -0.2) is 18.4 Å². The first-order valence-corrected chi connectivity index (χ1v) is 9.61. The van der Waals surface area contributed by atoms with Crippen molar-refractivity contribution in [1.82, 2.24) is 5.43 Å². The third kappa shape index (κ3) is 6.05. The Morgan fingerprint density at radius 3 is 2.34 bits per heavy atom. The Morgan fingerprint density at radius 1 is 0.966 bits per heavy atom. The van der Waals surface area contributed by atoms with Crippen molar-refractivity contribution in [2.24, 2.45) is 5.10 Å². The molecule has 3 rings (SSSR count). The van der Waals surface area contributed by atoms with E-state index in [1.54, 1.807) is 13.3 Å². The molecule has 0 unspecified atom stereocenters. The Morgan fingerprint density at radius 2 is 1.66 bits per heavy atom. The van der Waals surface area contributed by atoms with Gasteiger partial charge in [0.1, 0.15) is 6.10 Å². The van der Waals surface area contributed by atoms with E-state index in [9.17, 15) is 0 Å². The summed E-state index contributed by atoms with van der Waals surface area (Å²) < 4.78 is 11.6. The van der Waals surface area contributed by atoms with Crippen molar-refractivity contribution in [3.8, 4) is 11.5 Å². The maximum atomic E-state index is 6.07. The number of ether oxygens (including phenoxy) is 2. The molecule has 0 aliphatic carbocycles. The average Bonchev–Trinajstić information content (AvgIpc) is 2.76. The Labute approximate surface area is 176 Å². The average molecular weight is 406 g/mol. The number of anilines is 1. The summed E-state index contributed by atoms with van der Waals surface area (Å²) in [4.78, 5) is 0. The standard InChI is InChI=1S/C23H23N3O2S/c1-17(19-9-5-3-6-10-19)28-21-14-13-18(15-22(21)27-2)16-24-26-23(29)25-20-11-7-4-8-12-20/h3-17H,1-2H3,(H2,25,26,29)/b24-16-/t17-/m1/s1. The molecule has 0 saturated heterocycles. The van der Waals surface area contributed by atoms with Crippen molar-refractivity contribution in [3.63, 3.8) is 0 Å². The van der Waals surface area contributed by atoms with E-state index in [4.69, 9.17) is 21.7 Å². The fourth-order valence-electron chi connectivity index (χ4n) is 2.69. The summed E-state index contributed by atoms with van der Waals surface area (Å²) in [6.07, 6.45) is 1.58. The van der Waals surface area contributed by atoms with Gasteiger partial charge in [-0.15, -0.1) is 0 Å².